The van der Waals surface area contributed by atoms with Crippen molar-refractivity contribution in [3.05, 3.63) is 103 Å². The minimum absolute atomic E-state index is 0.0495. The molecule has 1 aliphatic rings. The Morgan fingerprint density at radius 3 is 2.54 bits per heavy atom. The van der Waals surface area contributed by atoms with Crippen LogP contribution in [0.2, 0.25) is 0 Å². The summed E-state index contributed by atoms with van der Waals surface area (Å²) in [5.74, 6) is 0. The summed E-state index contributed by atoms with van der Waals surface area (Å²) in [6.45, 7) is 4.43. The standard InChI is InChI=1S/C24H22N2/c1-24(2)14-6-9-22(12-15-24)26(21-7-4-3-5-8-21)23-11-10-19-13-16-25-18-20(19)17-23/h3-18H,1-2H3. The van der Waals surface area contributed by atoms with Crippen LogP contribution in [0.15, 0.2) is 103 Å². The minimum atomic E-state index is 0.0495. The summed E-state index contributed by atoms with van der Waals surface area (Å²) in [6, 6.07) is 19.0. The van der Waals surface area contributed by atoms with Crippen LogP contribution in [0.4, 0.5) is 11.4 Å². The van der Waals surface area contributed by atoms with Crippen molar-refractivity contribution in [2.24, 2.45) is 5.41 Å². The van der Waals surface area contributed by atoms with Crippen LogP contribution in [0.1, 0.15) is 13.8 Å². The summed E-state index contributed by atoms with van der Waals surface area (Å²) in [5, 5.41) is 2.34. The van der Waals surface area contributed by atoms with E-state index in [1.54, 1.807) is 0 Å². The normalized spacial score (nSPS) is 15.5. The van der Waals surface area contributed by atoms with E-state index < -0.39 is 0 Å². The summed E-state index contributed by atoms with van der Waals surface area (Å²) < 4.78 is 0. The van der Waals surface area contributed by atoms with Crippen LogP contribution in [0.3, 0.4) is 0 Å². The molecule has 1 aromatic heterocycles. The Labute approximate surface area is 154 Å². The van der Waals surface area contributed by atoms with E-state index in [-0.39, 0.29) is 5.41 Å². The van der Waals surface area contributed by atoms with Crippen molar-refractivity contribution < 1.29 is 0 Å². The van der Waals surface area contributed by atoms with Gasteiger partial charge in [-0.1, -0.05) is 56.3 Å². The van der Waals surface area contributed by atoms with E-state index in [1.165, 1.54) is 5.39 Å². The van der Waals surface area contributed by atoms with Crippen molar-refractivity contribution in [1.82, 2.24) is 4.98 Å². The number of nitrogens with zero attached hydrogens (tertiary/aromatic N) is 2. The van der Waals surface area contributed by atoms with Crippen molar-refractivity contribution in [2.45, 2.75) is 13.8 Å². The number of para-hydroxylation sites is 1. The fourth-order valence-corrected chi connectivity index (χ4v) is 3.19. The molecule has 0 saturated heterocycles. The molecule has 0 saturated carbocycles. The summed E-state index contributed by atoms with van der Waals surface area (Å²) in [6.07, 6.45) is 14.8. The molecule has 2 heteroatoms. The number of rotatable bonds is 3. The van der Waals surface area contributed by atoms with Gasteiger partial charge >= 0.3 is 0 Å². The first-order valence-electron chi connectivity index (χ1n) is 8.90. The molecule has 1 heterocycles. The van der Waals surface area contributed by atoms with Gasteiger partial charge in [0, 0.05) is 40.3 Å². The number of pyridine rings is 1. The molecule has 128 valence electrons. The average molecular weight is 338 g/mol. The van der Waals surface area contributed by atoms with E-state index in [0.29, 0.717) is 0 Å². The van der Waals surface area contributed by atoms with Gasteiger partial charge in [0.25, 0.3) is 0 Å². The molecule has 0 aliphatic heterocycles. The zero-order chi connectivity index (χ0) is 18.0. The highest BCUT2D eigenvalue weighted by molar-refractivity contribution is 5.87. The Morgan fingerprint density at radius 2 is 1.69 bits per heavy atom. The predicted octanol–water partition coefficient (Wildman–Crippen LogP) is 6.41. The SMILES string of the molecule is CC1(C)C=CC=C(N(c2ccccc2)c2ccc3ccncc3c2)C=C1. The molecule has 0 unspecified atom stereocenters. The van der Waals surface area contributed by atoms with Crippen molar-refractivity contribution in [3.8, 4) is 0 Å². The molecule has 0 fully saturated rings. The number of allylic oxidation sites excluding steroid dienone is 5. The minimum Gasteiger partial charge on any atom is -0.310 e. The highest BCUT2D eigenvalue weighted by Gasteiger charge is 2.16. The van der Waals surface area contributed by atoms with E-state index in [1.807, 2.05) is 24.5 Å². The maximum atomic E-state index is 4.27. The quantitative estimate of drug-likeness (QED) is 0.548. The smallest absolute Gasteiger partial charge is 0.0468 e. The largest absolute Gasteiger partial charge is 0.310 e. The van der Waals surface area contributed by atoms with Gasteiger partial charge in [-0.3, -0.25) is 4.98 Å². The van der Waals surface area contributed by atoms with Crippen LogP contribution in [-0.4, -0.2) is 4.98 Å². The predicted molar refractivity (Wildman–Crippen MR) is 110 cm³/mol. The Kier molecular flexibility index (Phi) is 4.18. The Hall–Kier alpha value is -3.13. The Balaban J connectivity index is 1.86. The van der Waals surface area contributed by atoms with Crippen LogP contribution in [0, 0.1) is 5.41 Å². The molecule has 26 heavy (non-hydrogen) atoms. The van der Waals surface area contributed by atoms with Gasteiger partial charge in [0.1, 0.15) is 0 Å². The molecule has 2 nitrogen and oxygen atoms in total. The lowest BCUT2D eigenvalue weighted by Gasteiger charge is -2.26. The van der Waals surface area contributed by atoms with Crippen LogP contribution in [0.5, 0.6) is 0 Å². The Bertz CT molecular complexity index is 1010. The van der Waals surface area contributed by atoms with Gasteiger partial charge in [0.05, 0.1) is 0 Å². The van der Waals surface area contributed by atoms with Gasteiger partial charge < -0.3 is 4.90 Å². The van der Waals surface area contributed by atoms with E-state index in [4.69, 9.17) is 0 Å². The first kappa shape index (κ1) is 16.3. The number of fused-ring (bicyclic) bond motifs is 1. The zero-order valence-electron chi connectivity index (χ0n) is 15.1. The molecule has 0 radical (unpaired) electrons. The maximum absolute atomic E-state index is 4.27. The molecule has 2 aromatic carbocycles. The number of hydrogen-bond donors (Lipinski definition) is 0. The van der Waals surface area contributed by atoms with Crippen LogP contribution in [0.25, 0.3) is 10.8 Å². The fourth-order valence-electron chi connectivity index (χ4n) is 3.19. The monoisotopic (exact) mass is 338 g/mol. The van der Waals surface area contributed by atoms with Gasteiger partial charge in [0.15, 0.2) is 0 Å². The van der Waals surface area contributed by atoms with Gasteiger partial charge in [-0.25, -0.2) is 0 Å². The second-order valence-corrected chi connectivity index (χ2v) is 7.18. The number of hydrogen-bond acceptors (Lipinski definition) is 2. The first-order valence-corrected chi connectivity index (χ1v) is 8.90. The molecule has 4 rings (SSSR count). The summed E-state index contributed by atoms with van der Waals surface area (Å²) >= 11 is 0. The molecule has 0 atom stereocenters. The molecule has 0 N–H and O–H groups in total. The summed E-state index contributed by atoms with van der Waals surface area (Å²) in [5.41, 5.74) is 3.45. The molecular weight excluding hydrogens is 316 g/mol. The maximum Gasteiger partial charge on any atom is 0.0468 e. The second kappa shape index (κ2) is 6.64. The fraction of sp³-hybridized carbons (Fsp3) is 0.125. The highest BCUT2D eigenvalue weighted by Crippen LogP contribution is 2.34. The third-order valence-electron chi connectivity index (χ3n) is 4.63. The molecule has 3 aromatic rings. The summed E-state index contributed by atoms with van der Waals surface area (Å²) in [4.78, 5) is 6.56. The van der Waals surface area contributed by atoms with Crippen molar-refractivity contribution in [2.75, 3.05) is 4.90 Å². The van der Waals surface area contributed by atoms with Crippen molar-refractivity contribution >= 4 is 22.1 Å². The van der Waals surface area contributed by atoms with Gasteiger partial charge in [-0.15, -0.1) is 0 Å². The van der Waals surface area contributed by atoms with Gasteiger partial charge in [-0.05, 0) is 47.9 Å². The van der Waals surface area contributed by atoms with E-state index in [9.17, 15) is 0 Å². The topological polar surface area (TPSA) is 16.1 Å². The lowest BCUT2D eigenvalue weighted by molar-refractivity contribution is 0.627. The number of benzene rings is 2. The zero-order valence-corrected chi connectivity index (χ0v) is 15.1. The van der Waals surface area contributed by atoms with Crippen molar-refractivity contribution in [3.63, 3.8) is 0 Å². The van der Waals surface area contributed by atoms with Crippen LogP contribution in [-0.2, 0) is 0 Å². The van der Waals surface area contributed by atoms with E-state index in [0.717, 1.165) is 22.5 Å². The van der Waals surface area contributed by atoms with Crippen LogP contribution < -0.4 is 4.90 Å². The summed E-state index contributed by atoms with van der Waals surface area (Å²) in [7, 11) is 0. The van der Waals surface area contributed by atoms with E-state index >= 15 is 0 Å². The Morgan fingerprint density at radius 1 is 0.846 bits per heavy atom. The lowest BCUT2D eigenvalue weighted by atomic mass is 9.93. The van der Waals surface area contributed by atoms with E-state index in [2.05, 4.69) is 96.6 Å². The molecule has 0 spiro atoms. The third-order valence-corrected chi connectivity index (χ3v) is 4.63. The average Bonchev–Trinajstić information content (AvgIpc) is 2.84. The first-order chi connectivity index (χ1) is 12.6. The molecule has 0 bridgehead atoms. The lowest BCUT2D eigenvalue weighted by Crippen LogP contribution is -2.15. The number of aromatic nitrogens is 1. The van der Waals surface area contributed by atoms with Crippen LogP contribution >= 0.6 is 0 Å². The molecular formula is C24H22N2. The third kappa shape index (κ3) is 3.31. The number of anilines is 2. The van der Waals surface area contributed by atoms with Gasteiger partial charge in [0.2, 0.25) is 0 Å². The molecule has 1 aliphatic carbocycles. The molecule has 0 amide bonds. The second-order valence-electron chi connectivity index (χ2n) is 7.18. The van der Waals surface area contributed by atoms with Gasteiger partial charge in [-0.2, -0.15) is 0 Å². The highest BCUT2D eigenvalue weighted by atomic mass is 15.1. The van der Waals surface area contributed by atoms with Crippen molar-refractivity contribution in [1.29, 1.82) is 0 Å².